The van der Waals surface area contributed by atoms with Gasteiger partial charge in [-0.3, -0.25) is 0 Å². The molecule has 0 aliphatic heterocycles. The standard InChI is InChI=1S/C28H26BrF5N2O2/c29-21-12-10-19(11-13-21)27(17-18-6-2-1-3-7-18,36-26(37)35-23-8-4-5-9-23)20-14-22(30)16-24(15-20)38-28(33,34)25(31)32/h1-3,6-7,10-16,23,25H,4-5,8-9,17H2,(H2,35,36,37)/t27-/m1/s1. The quantitative estimate of drug-likeness (QED) is 0.250. The van der Waals surface area contributed by atoms with Gasteiger partial charge in [0.1, 0.15) is 11.6 Å². The summed E-state index contributed by atoms with van der Waals surface area (Å²) in [4.78, 5) is 13.3. The zero-order chi connectivity index (χ0) is 27.3. The third-order valence-corrected chi connectivity index (χ3v) is 7.07. The first kappa shape index (κ1) is 27.9. The first-order valence-electron chi connectivity index (χ1n) is 12.1. The second-order valence-corrected chi connectivity index (χ2v) is 10.2. The number of ether oxygens (including phenoxy) is 1. The van der Waals surface area contributed by atoms with Crippen LogP contribution in [0.15, 0.2) is 77.3 Å². The number of rotatable bonds is 9. The topological polar surface area (TPSA) is 50.4 Å². The summed E-state index contributed by atoms with van der Waals surface area (Å²) in [5, 5.41) is 5.92. The summed E-state index contributed by atoms with van der Waals surface area (Å²) in [7, 11) is 0. The van der Waals surface area contributed by atoms with Crippen LogP contribution in [0.4, 0.5) is 26.7 Å². The molecular weight excluding hydrogens is 571 g/mol. The van der Waals surface area contributed by atoms with Crippen molar-refractivity contribution in [2.75, 3.05) is 0 Å². The molecule has 202 valence electrons. The third kappa shape index (κ3) is 6.64. The summed E-state index contributed by atoms with van der Waals surface area (Å²) in [6.07, 6.45) is -5.26. The van der Waals surface area contributed by atoms with Gasteiger partial charge in [0.2, 0.25) is 0 Å². The second kappa shape index (κ2) is 11.7. The fraction of sp³-hybridized carbons (Fsp3) is 0.321. The van der Waals surface area contributed by atoms with E-state index in [1.54, 1.807) is 36.4 Å². The van der Waals surface area contributed by atoms with Crippen LogP contribution in [0.3, 0.4) is 0 Å². The third-order valence-electron chi connectivity index (χ3n) is 6.54. The average Bonchev–Trinajstić information content (AvgIpc) is 3.37. The summed E-state index contributed by atoms with van der Waals surface area (Å²) in [5.74, 6) is -1.78. The van der Waals surface area contributed by atoms with Crippen LogP contribution in [0, 0.1) is 5.82 Å². The van der Waals surface area contributed by atoms with E-state index >= 15 is 0 Å². The summed E-state index contributed by atoms with van der Waals surface area (Å²) >= 11 is 3.38. The highest BCUT2D eigenvalue weighted by atomic mass is 79.9. The summed E-state index contributed by atoms with van der Waals surface area (Å²) in [6, 6.07) is 18.1. The fourth-order valence-electron chi connectivity index (χ4n) is 4.75. The van der Waals surface area contributed by atoms with Crippen LogP contribution in [0.2, 0.25) is 0 Å². The van der Waals surface area contributed by atoms with Gasteiger partial charge in [-0.2, -0.15) is 17.6 Å². The van der Waals surface area contributed by atoms with Crippen molar-refractivity contribution in [1.29, 1.82) is 0 Å². The minimum absolute atomic E-state index is 0.0366. The Kier molecular flexibility index (Phi) is 8.60. The molecule has 0 spiro atoms. The largest absolute Gasteiger partial charge is 0.461 e. The van der Waals surface area contributed by atoms with Crippen molar-refractivity contribution in [2.45, 2.75) is 56.2 Å². The van der Waals surface area contributed by atoms with Gasteiger partial charge in [0.25, 0.3) is 0 Å². The lowest BCUT2D eigenvalue weighted by atomic mass is 9.77. The number of carbonyl (C=O) groups excluding carboxylic acids is 1. The predicted octanol–water partition coefficient (Wildman–Crippen LogP) is 7.55. The molecule has 4 rings (SSSR count). The van der Waals surface area contributed by atoms with E-state index in [-0.39, 0.29) is 18.0 Å². The van der Waals surface area contributed by atoms with Gasteiger partial charge in [0.05, 0.1) is 5.54 Å². The van der Waals surface area contributed by atoms with E-state index in [1.807, 2.05) is 18.2 Å². The number of nitrogens with one attached hydrogen (secondary N) is 2. The maximum Gasteiger partial charge on any atom is 0.461 e. The van der Waals surface area contributed by atoms with E-state index in [0.717, 1.165) is 47.9 Å². The SMILES string of the molecule is O=C(NC1CCCC1)N[C@](Cc1ccccc1)(c1ccc(Br)cc1)c1cc(F)cc(OC(F)(F)C(F)F)c1. The molecule has 2 amide bonds. The van der Waals surface area contributed by atoms with Gasteiger partial charge < -0.3 is 15.4 Å². The van der Waals surface area contributed by atoms with Crippen LogP contribution in [-0.4, -0.2) is 24.6 Å². The van der Waals surface area contributed by atoms with Gasteiger partial charge in [-0.1, -0.05) is 71.2 Å². The molecule has 1 aliphatic carbocycles. The van der Waals surface area contributed by atoms with E-state index in [1.165, 1.54) is 0 Å². The molecule has 0 bridgehead atoms. The van der Waals surface area contributed by atoms with Crippen LogP contribution >= 0.6 is 15.9 Å². The lowest BCUT2D eigenvalue weighted by Crippen LogP contribution is -2.53. The summed E-state index contributed by atoms with van der Waals surface area (Å²) < 4.78 is 73.1. The molecule has 1 fully saturated rings. The van der Waals surface area contributed by atoms with Gasteiger partial charge >= 0.3 is 18.6 Å². The first-order chi connectivity index (χ1) is 18.1. The maximum absolute atomic E-state index is 14.9. The number of urea groups is 1. The molecule has 3 aromatic rings. The van der Waals surface area contributed by atoms with Crippen molar-refractivity contribution >= 4 is 22.0 Å². The number of alkyl halides is 4. The van der Waals surface area contributed by atoms with Gasteiger partial charge in [-0.25, -0.2) is 9.18 Å². The van der Waals surface area contributed by atoms with Gasteiger partial charge in [-0.15, -0.1) is 0 Å². The first-order valence-corrected chi connectivity index (χ1v) is 12.9. The Hall–Kier alpha value is -3.14. The molecular formula is C28H26BrF5N2O2. The molecule has 38 heavy (non-hydrogen) atoms. The van der Waals surface area contributed by atoms with E-state index in [0.29, 0.717) is 11.6 Å². The van der Waals surface area contributed by atoms with Crippen LogP contribution in [0.1, 0.15) is 42.4 Å². The number of halogens is 6. The van der Waals surface area contributed by atoms with E-state index in [9.17, 15) is 26.7 Å². The molecule has 1 saturated carbocycles. The Morgan fingerprint density at radius 1 is 0.974 bits per heavy atom. The van der Waals surface area contributed by atoms with Crippen molar-refractivity contribution in [3.8, 4) is 5.75 Å². The molecule has 1 atom stereocenters. The Balaban J connectivity index is 1.86. The molecule has 0 saturated heterocycles. The van der Waals surface area contributed by atoms with Crippen molar-refractivity contribution < 1.29 is 31.5 Å². The van der Waals surface area contributed by atoms with E-state index in [4.69, 9.17) is 0 Å². The fourth-order valence-corrected chi connectivity index (χ4v) is 5.02. The highest BCUT2D eigenvalue weighted by molar-refractivity contribution is 9.10. The van der Waals surface area contributed by atoms with Crippen LogP contribution in [0.5, 0.6) is 5.75 Å². The molecule has 1 aliphatic rings. The normalized spacial score (nSPS) is 15.8. The summed E-state index contributed by atoms with van der Waals surface area (Å²) in [5.41, 5.74) is -0.166. The number of hydrogen-bond acceptors (Lipinski definition) is 2. The summed E-state index contributed by atoms with van der Waals surface area (Å²) in [6.45, 7) is 0. The second-order valence-electron chi connectivity index (χ2n) is 9.29. The average molecular weight is 597 g/mol. The Bertz CT molecular complexity index is 1240. The molecule has 0 heterocycles. The molecule has 2 N–H and O–H groups in total. The minimum atomic E-state index is -4.84. The van der Waals surface area contributed by atoms with Crippen LogP contribution in [-0.2, 0) is 12.0 Å². The number of hydrogen-bond donors (Lipinski definition) is 2. The lowest BCUT2D eigenvalue weighted by Gasteiger charge is -2.37. The van der Waals surface area contributed by atoms with Gasteiger partial charge in [0, 0.05) is 23.0 Å². The number of amides is 2. The number of carbonyl (C=O) groups is 1. The van der Waals surface area contributed by atoms with Crippen molar-refractivity contribution in [3.05, 3.63) is 99.8 Å². The molecule has 0 radical (unpaired) electrons. The zero-order valence-corrected chi connectivity index (χ0v) is 21.8. The zero-order valence-electron chi connectivity index (χ0n) is 20.2. The smallest absolute Gasteiger partial charge is 0.428 e. The monoisotopic (exact) mass is 596 g/mol. The molecule has 4 nitrogen and oxygen atoms in total. The highest BCUT2D eigenvalue weighted by Crippen LogP contribution is 2.38. The number of benzene rings is 3. The maximum atomic E-state index is 14.9. The van der Waals surface area contributed by atoms with Crippen molar-refractivity contribution in [2.24, 2.45) is 0 Å². The van der Waals surface area contributed by atoms with E-state index in [2.05, 4.69) is 31.3 Å². The molecule has 3 aromatic carbocycles. The van der Waals surface area contributed by atoms with Crippen molar-refractivity contribution in [1.82, 2.24) is 10.6 Å². The Morgan fingerprint density at radius 2 is 1.63 bits per heavy atom. The molecule has 10 heteroatoms. The van der Waals surface area contributed by atoms with E-state index < -0.39 is 35.7 Å². The van der Waals surface area contributed by atoms with Crippen LogP contribution < -0.4 is 15.4 Å². The van der Waals surface area contributed by atoms with Gasteiger partial charge in [0.15, 0.2) is 0 Å². The Morgan fingerprint density at radius 3 is 2.26 bits per heavy atom. The minimum Gasteiger partial charge on any atom is -0.428 e. The highest BCUT2D eigenvalue weighted by Gasteiger charge is 2.45. The lowest BCUT2D eigenvalue weighted by molar-refractivity contribution is -0.253. The predicted molar refractivity (Wildman–Crippen MR) is 137 cm³/mol. The molecule has 0 aromatic heterocycles. The van der Waals surface area contributed by atoms with Crippen molar-refractivity contribution in [3.63, 3.8) is 0 Å². The van der Waals surface area contributed by atoms with Gasteiger partial charge in [-0.05, 0) is 53.8 Å². The van der Waals surface area contributed by atoms with Crippen LogP contribution in [0.25, 0.3) is 0 Å². The molecule has 0 unspecified atom stereocenters. The Labute approximate surface area is 225 Å².